The summed E-state index contributed by atoms with van der Waals surface area (Å²) in [5.74, 6) is -0.490. The minimum atomic E-state index is -0.353. The largest absolute Gasteiger partial charge is 0.370 e. The van der Waals surface area contributed by atoms with Crippen LogP contribution in [0.15, 0.2) is 18.2 Å². The van der Waals surface area contributed by atoms with Gasteiger partial charge in [0.05, 0.1) is 11.6 Å². The summed E-state index contributed by atoms with van der Waals surface area (Å²) in [7, 11) is 0. The number of carbonyl (C=O) groups excluding carboxylic acids is 1. The lowest BCUT2D eigenvalue weighted by molar-refractivity contribution is -0.119. The molecule has 2 aliphatic rings. The molecule has 1 unspecified atom stereocenters. The molecule has 2 aliphatic heterocycles. The number of hydrogen-bond donors (Lipinski definition) is 2. The van der Waals surface area contributed by atoms with Crippen LogP contribution >= 0.6 is 24.8 Å². The second kappa shape index (κ2) is 8.56. The van der Waals surface area contributed by atoms with E-state index in [0.717, 1.165) is 44.6 Å². The molecule has 0 aromatic heterocycles. The maximum absolute atomic E-state index is 14.1. The Hall–Kier alpha value is -1.04. The maximum atomic E-state index is 14.1. The SMILES string of the molecule is Cl.Cl.O=C(Nc1c(F)cccc1N1CCCC1)C1CCNC1. The number of hydrogen-bond acceptors (Lipinski definition) is 3. The minimum Gasteiger partial charge on any atom is -0.370 e. The predicted molar refractivity (Wildman–Crippen MR) is 91.9 cm³/mol. The first-order valence-corrected chi connectivity index (χ1v) is 7.31. The molecule has 2 heterocycles. The van der Waals surface area contributed by atoms with Crippen LogP contribution in [0.1, 0.15) is 19.3 Å². The highest BCUT2D eigenvalue weighted by Crippen LogP contribution is 2.31. The molecule has 2 fully saturated rings. The van der Waals surface area contributed by atoms with E-state index in [9.17, 15) is 9.18 Å². The minimum absolute atomic E-state index is 0. The second-order valence-electron chi connectivity index (χ2n) is 5.51. The molecule has 124 valence electrons. The molecule has 0 spiro atoms. The van der Waals surface area contributed by atoms with Crippen molar-refractivity contribution in [3.63, 3.8) is 0 Å². The van der Waals surface area contributed by atoms with E-state index >= 15 is 0 Å². The summed E-state index contributed by atoms with van der Waals surface area (Å²) in [6.45, 7) is 3.39. The van der Waals surface area contributed by atoms with Gasteiger partial charge in [0.25, 0.3) is 0 Å². The lowest BCUT2D eigenvalue weighted by Gasteiger charge is -2.22. The Labute approximate surface area is 142 Å². The number of anilines is 2. The first-order chi connectivity index (χ1) is 9.75. The highest BCUT2D eigenvalue weighted by atomic mass is 35.5. The molecule has 2 N–H and O–H groups in total. The number of nitrogens with zero attached hydrogens (tertiary/aromatic N) is 1. The van der Waals surface area contributed by atoms with E-state index in [2.05, 4.69) is 15.5 Å². The van der Waals surface area contributed by atoms with Crippen LogP contribution in [0.25, 0.3) is 0 Å². The Morgan fingerprint density at radius 2 is 2.00 bits per heavy atom. The third kappa shape index (κ3) is 4.03. The van der Waals surface area contributed by atoms with Gasteiger partial charge in [-0.25, -0.2) is 4.39 Å². The Balaban J connectivity index is 0.00000121. The molecule has 3 rings (SSSR count). The van der Waals surface area contributed by atoms with E-state index in [0.29, 0.717) is 12.2 Å². The molecule has 0 bridgehead atoms. The number of amides is 1. The average Bonchev–Trinajstić information content (AvgIpc) is 3.14. The Bertz CT molecular complexity index is 504. The molecule has 4 nitrogen and oxygen atoms in total. The van der Waals surface area contributed by atoms with Crippen molar-refractivity contribution in [1.82, 2.24) is 5.32 Å². The van der Waals surface area contributed by atoms with Gasteiger partial charge in [0, 0.05) is 19.6 Å². The zero-order valence-electron chi connectivity index (χ0n) is 12.3. The van der Waals surface area contributed by atoms with Crippen LogP contribution in [0.2, 0.25) is 0 Å². The van der Waals surface area contributed by atoms with Crippen LogP contribution < -0.4 is 15.5 Å². The number of para-hydroxylation sites is 1. The summed E-state index contributed by atoms with van der Waals surface area (Å²) in [6, 6.07) is 4.99. The molecule has 7 heteroatoms. The molecule has 22 heavy (non-hydrogen) atoms. The maximum Gasteiger partial charge on any atom is 0.228 e. The van der Waals surface area contributed by atoms with Gasteiger partial charge in [-0.05, 0) is 37.9 Å². The van der Waals surface area contributed by atoms with Gasteiger partial charge in [-0.3, -0.25) is 4.79 Å². The smallest absolute Gasteiger partial charge is 0.228 e. The quantitative estimate of drug-likeness (QED) is 0.881. The number of nitrogens with one attached hydrogen (secondary N) is 2. The normalized spacial score (nSPS) is 20.2. The number of carbonyl (C=O) groups is 1. The van der Waals surface area contributed by atoms with Gasteiger partial charge in [-0.15, -0.1) is 24.8 Å². The van der Waals surface area contributed by atoms with Gasteiger partial charge in [0.15, 0.2) is 0 Å². The topological polar surface area (TPSA) is 44.4 Å². The molecule has 0 radical (unpaired) electrons. The number of halogens is 3. The molecule has 0 saturated carbocycles. The van der Waals surface area contributed by atoms with Crippen molar-refractivity contribution in [2.45, 2.75) is 19.3 Å². The van der Waals surface area contributed by atoms with E-state index in [4.69, 9.17) is 0 Å². The van der Waals surface area contributed by atoms with E-state index in [1.165, 1.54) is 6.07 Å². The summed E-state index contributed by atoms with van der Waals surface area (Å²) < 4.78 is 14.1. The lowest BCUT2D eigenvalue weighted by Crippen LogP contribution is -2.27. The first kappa shape index (κ1) is 19.0. The molecule has 0 aliphatic carbocycles. The van der Waals surface area contributed by atoms with E-state index in [1.807, 2.05) is 6.07 Å². The van der Waals surface area contributed by atoms with Gasteiger partial charge >= 0.3 is 0 Å². The highest BCUT2D eigenvalue weighted by Gasteiger charge is 2.25. The Morgan fingerprint density at radius 1 is 1.27 bits per heavy atom. The lowest BCUT2D eigenvalue weighted by atomic mass is 10.1. The molecule has 1 aromatic carbocycles. The number of rotatable bonds is 3. The predicted octanol–water partition coefficient (Wildman–Crippen LogP) is 2.82. The van der Waals surface area contributed by atoms with Crippen LogP contribution in [0.5, 0.6) is 0 Å². The fourth-order valence-corrected chi connectivity index (χ4v) is 2.96. The van der Waals surface area contributed by atoms with Gasteiger partial charge in [-0.2, -0.15) is 0 Å². The molecule has 1 atom stereocenters. The van der Waals surface area contributed by atoms with Crippen molar-refractivity contribution in [3.05, 3.63) is 24.0 Å². The van der Waals surface area contributed by atoms with Gasteiger partial charge in [0.2, 0.25) is 5.91 Å². The van der Waals surface area contributed by atoms with Crippen molar-refractivity contribution in [2.24, 2.45) is 5.92 Å². The van der Waals surface area contributed by atoms with Crippen LogP contribution in [0, 0.1) is 11.7 Å². The molecule has 2 saturated heterocycles. The third-order valence-electron chi connectivity index (χ3n) is 4.12. The van der Waals surface area contributed by atoms with Crippen molar-refractivity contribution in [3.8, 4) is 0 Å². The summed E-state index contributed by atoms with van der Waals surface area (Å²) >= 11 is 0. The van der Waals surface area contributed by atoms with Crippen molar-refractivity contribution >= 4 is 42.1 Å². The van der Waals surface area contributed by atoms with Crippen molar-refractivity contribution in [2.75, 3.05) is 36.4 Å². The number of benzene rings is 1. The zero-order valence-corrected chi connectivity index (χ0v) is 13.9. The fourth-order valence-electron chi connectivity index (χ4n) is 2.96. The van der Waals surface area contributed by atoms with Crippen molar-refractivity contribution in [1.29, 1.82) is 0 Å². The van der Waals surface area contributed by atoms with E-state index in [-0.39, 0.29) is 42.5 Å². The molecule has 1 aromatic rings. The monoisotopic (exact) mass is 349 g/mol. The second-order valence-corrected chi connectivity index (χ2v) is 5.51. The van der Waals surface area contributed by atoms with Gasteiger partial charge < -0.3 is 15.5 Å². The highest BCUT2D eigenvalue weighted by molar-refractivity contribution is 5.96. The van der Waals surface area contributed by atoms with E-state index in [1.54, 1.807) is 6.07 Å². The molecular weight excluding hydrogens is 328 g/mol. The fraction of sp³-hybridized carbons (Fsp3) is 0.533. The van der Waals surface area contributed by atoms with Crippen LogP contribution in [0.4, 0.5) is 15.8 Å². The van der Waals surface area contributed by atoms with Gasteiger partial charge in [-0.1, -0.05) is 6.07 Å². The van der Waals surface area contributed by atoms with Crippen LogP contribution in [0.3, 0.4) is 0 Å². The average molecular weight is 350 g/mol. The van der Waals surface area contributed by atoms with Crippen molar-refractivity contribution < 1.29 is 9.18 Å². The summed E-state index contributed by atoms with van der Waals surface area (Å²) in [5, 5.41) is 5.96. The Kier molecular flexibility index (Phi) is 7.39. The van der Waals surface area contributed by atoms with Gasteiger partial charge in [0.1, 0.15) is 11.5 Å². The summed E-state index contributed by atoms with van der Waals surface area (Å²) in [4.78, 5) is 14.3. The molecule has 1 amide bonds. The van der Waals surface area contributed by atoms with E-state index < -0.39 is 0 Å². The molecular formula is C15H22Cl2FN3O. The summed E-state index contributed by atoms with van der Waals surface area (Å²) in [5.41, 5.74) is 1.15. The first-order valence-electron chi connectivity index (χ1n) is 7.31. The zero-order chi connectivity index (χ0) is 13.9. The van der Waals surface area contributed by atoms with Crippen LogP contribution in [-0.4, -0.2) is 32.1 Å². The third-order valence-corrected chi connectivity index (χ3v) is 4.12. The standard InChI is InChI=1S/C15H20FN3O.2ClH/c16-12-4-3-5-13(19-8-1-2-9-19)14(12)18-15(20)11-6-7-17-10-11;;/h3-5,11,17H,1-2,6-10H2,(H,18,20);2*1H. The Morgan fingerprint density at radius 3 is 2.64 bits per heavy atom. The van der Waals surface area contributed by atoms with Crippen LogP contribution in [-0.2, 0) is 4.79 Å². The summed E-state index contributed by atoms with van der Waals surface area (Å²) in [6.07, 6.45) is 3.06.